The van der Waals surface area contributed by atoms with E-state index >= 15 is 0 Å². The molecule has 0 aromatic carbocycles. The molecule has 0 spiro atoms. The lowest BCUT2D eigenvalue weighted by Crippen LogP contribution is -2.50. The van der Waals surface area contributed by atoms with Gasteiger partial charge in [-0.1, -0.05) is 13.8 Å². The molecule has 0 amide bonds. The summed E-state index contributed by atoms with van der Waals surface area (Å²) in [5.41, 5.74) is 1.15. The van der Waals surface area contributed by atoms with Crippen LogP contribution in [0.5, 0.6) is 0 Å². The van der Waals surface area contributed by atoms with Crippen LogP contribution in [-0.4, -0.2) is 91.6 Å². The molecule has 0 radical (unpaired) electrons. The number of hydrogen-bond acceptors (Lipinski definition) is 10. The molecule has 192 valence electrons. The highest BCUT2D eigenvalue weighted by molar-refractivity contribution is 7.90. The van der Waals surface area contributed by atoms with Gasteiger partial charge in [0.05, 0.1) is 5.75 Å². The molecule has 0 atom stereocenters. The van der Waals surface area contributed by atoms with Gasteiger partial charge in [0.25, 0.3) is 0 Å². The first-order chi connectivity index (χ1) is 17.2. The van der Waals surface area contributed by atoms with Gasteiger partial charge in [-0.2, -0.15) is 4.98 Å². The Labute approximate surface area is 212 Å². The van der Waals surface area contributed by atoms with E-state index in [1.807, 2.05) is 18.5 Å². The van der Waals surface area contributed by atoms with Crippen molar-refractivity contribution in [2.75, 3.05) is 73.4 Å². The molecule has 10 nitrogen and oxygen atoms in total. The Bertz CT molecular complexity index is 1350. The van der Waals surface area contributed by atoms with Crippen LogP contribution in [0.15, 0.2) is 30.7 Å². The third kappa shape index (κ3) is 5.36. The number of sulfone groups is 1. The van der Waals surface area contributed by atoms with E-state index in [1.54, 1.807) is 6.20 Å². The summed E-state index contributed by atoms with van der Waals surface area (Å²) in [6.07, 6.45) is 6.87. The topological polar surface area (TPSA) is 107 Å². The SMILES string of the molecule is CC(C)c1cnc(N2CC(CS(C)(=O)=O)C2)c2cnc(Nc3ccnc(N4CCN(C)CC4)n3)cc12. The molecular weight excluding hydrogens is 476 g/mol. The lowest BCUT2D eigenvalue weighted by molar-refractivity contribution is 0.311. The van der Waals surface area contributed by atoms with Crippen LogP contribution in [0.4, 0.5) is 23.4 Å². The Hall–Kier alpha value is -3.05. The van der Waals surface area contributed by atoms with Crippen molar-refractivity contribution in [3.05, 3.63) is 36.3 Å². The third-order valence-corrected chi connectivity index (χ3v) is 7.96. The van der Waals surface area contributed by atoms with E-state index in [0.29, 0.717) is 30.6 Å². The molecule has 0 saturated carbocycles. The number of rotatable bonds is 7. The van der Waals surface area contributed by atoms with Crippen LogP contribution in [0.25, 0.3) is 10.8 Å². The summed E-state index contributed by atoms with van der Waals surface area (Å²) >= 11 is 0. The zero-order valence-corrected chi connectivity index (χ0v) is 22.2. The molecular formula is C25H34N8O2S. The molecule has 11 heteroatoms. The molecule has 0 bridgehead atoms. The van der Waals surface area contributed by atoms with Gasteiger partial charge < -0.3 is 20.0 Å². The molecule has 2 aliphatic heterocycles. The zero-order chi connectivity index (χ0) is 25.4. The molecule has 3 aromatic heterocycles. The Kier molecular flexibility index (Phi) is 6.69. The summed E-state index contributed by atoms with van der Waals surface area (Å²) in [5.74, 6) is 3.65. The van der Waals surface area contributed by atoms with Crippen LogP contribution in [0.2, 0.25) is 0 Å². The number of hydrogen-bond donors (Lipinski definition) is 1. The van der Waals surface area contributed by atoms with Gasteiger partial charge >= 0.3 is 0 Å². The Morgan fingerprint density at radius 3 is 2.44 bits per heavy atom. The van der Waals surface area contributed by atoms with Crippen molar-refractivity contribution in [3.63, 3.8) is 0 Å². The molecule has 0 aliphatic carbocycles. The maximum atomic E-state index is 11.7. The van der Waals surface area contributed by atoms with E-state index in [9.17, 15) is 8.42 Å². The van der Waals surface area contributed by atoms with Gasteiger partial charge in [-0.25, -0.2) is 23.4 Å². The molecule has 2 fully saturated rings. The van der Waals surface area contributed by atoms with Gasteiger partial charge in [0, 0.05) is 75.4 Å². The Balaban J connectivity index is 1.39. The smallest absolute Gasteiger partial charge is 0.227 e. The van der Waals surface area contributed by atoms with Gasteiger partial charge in [-0.05, 0) is 36.0 Å². The van der Waals surface area contributed by atoms with Crippen molar-refractivity contribution in [1.82, 2.24) is 24.8 Å². The molecule has 2 aliphatic rings. The fourth-order valence-corrected chi connectivity index (χ4v) is 5.97. The van der Waals surface area contributed by atoms with Gasteiger partial charge in [0.15, 0.2) is 0 Å². The molecule has 1 N–H and O–H groups in total. The van der Waals surface area contributed by atoms with Gasteiger partial charge in [-0.15, -0.1) is 0 Å². The fraction of sp³-hybridized carbons (Fsp3) is 0.520. The number of anilines is 4. The first-order valence-corrected chi connectivity index (χ1v) is 14.5. The predicted molar refractivity (Wildman–Crippen MR) is 144 cm³/mol. The van der Waals surface area contributed by atoms with E-state index in [1.165, 1.54) is 6.26 Å². The van der Waals surface area contributed by atoms with Gasteiger partial charge in [0.2, 0.25) is 5.95 Å². The second-order valence-electron chi connectivity index (χ2n) is 10.3. The van der Waals surface area contributed by atoms with E-state index in [0.717, 1.165) is 54.3 Å². The zero-order valence-electron chi connectivity index (χ0n) is 21.3. The van der Waals surface area contributed by atoms with Crippen molar-refractivity contribution < 1.29 is 8.42 Å². The summed E-state index contributed by atoms with van der Waals surface area (Å²) in [7, 11) is -0.853. The minimum absolute atomic E-state index is 0.141. The second-order valence-corrected chi connectivity index (χ2v) is 12.5. The highest BCUT2D eigenvalue weighted by Gasteiger charge is 2.31. The average molecular weight is 511 g/mol. The average Bonchev–Trinajstić information content (AvgIpc) is 2.80. The first-order valence-electron chi connectivity index (χ1n) is 12.4. The first kappa shape index (κ1) is 24.6. The number of aromatic nitrogens is 4. The lowest BCUT2D eigenvalue weighted by atomic mass is 9.97. The van der Waals surface area contributed by atoms with Crippen LogP contribution >= 0.6 is 0 Å². The van der Waals surface area contributed by atoms with E-state index in [2.05, 4.69) is 56.9 Å². The minimum atomic E-state index is -2.98. The lowest BCUT2D eigenvalue weighted by Gasteiger charge is -2.40. The fourth-order valence-electron chi connectivity index (χ4n) is 4.91. The number of fused-ring (bicyclic) bond motifs is 1. The van der Waals surface area contributed by atoms with Crippen LogP contribution in [0, 0.1) is 5.92 Å². The maximum absolute atomic E-state index is 11.7. The van der Waals surface area contributed by atoms with Gasteiger partial charge in [-0.3, -0.25) is 0 Å². The molecule has 3 aromatic rings. The minimum Gasteiger partial charge on any atom is -0.355 e. The Morgan fingerprint density at radius 1 is 1.00 bits per heavy atom. The van der Waals surface area contributed by atoms with Crippen molar-refractivity contribution in [3.8, 4) is 0 Å². The number of likely N-dealkylation sites (N-methyl/N-ethyl adjacent to an activating group) is 1. The number of nitrogens with zero attached hydrogens (tertiary/aromatic N) is 7. The highest BCUT2D eigenvalue weighted by Crippen LogP contribution is 2.35. The highest BCUT2D eigenvalue weighted by atomic mass is 32.2. The summed E-state index contributed by atoms with van der Waals surface area (Å²) in [6.45, 7) is 9.48. The van der Waals surface area contributed by atoms with Crippen molar-refractivity contribution in [2.24, 2.45) is 5.92 Å². The number of pyridine rings is 2. The van der Waals surface area contributed by atoms with E-state index in [-0.39, 0.29) is 11.7 Å². The molecule has 5 heterocycles. The molecule has 0 unspecified atom stereocenters. The molecule has 2 saturated heterocycles. The van der Waals surface area contributed by atoms with E-state index < -0.39 is 9.84 Å². The van der Waals surface area contributed by atoms with Crippen LogP contribution in [-0.2, 0) is 9.84 Å². The normalized spacial score (nSPS) is 17.6. The Morgan fingerprint density at radius 2 is 1.75 bits per heavy atom. The summed E-state index contributed by atoms with van der Waals surface area (Å²) in [6, 6.07) is 3.91. The predicted octanol–water partition coefficient (Wildman–Crippen LogP) is 2.52. The monoisotopic (exact) mass is 510 g/mol. The molecule has 5 rings (SSSR count). The second kappa shape index (κ2) is 9.78. The van der Waals surface area contributed by atoms with Crippen molar-refractivity contribution in [1.29, 1.82) is 0 Å². The number of nitrogens with one attached hydrogen (secondary N) is 1. The van der Waals surface area contributed by atoms with Crippen LogP contribution in [0.3, 0.4) is 0 Å². The number of piperazine rings is 1. The van der Waals surface area contributed by atoms with Crippen molar-refractivity contribution in [2.45, 2.75) is 19.8 Å². The third-order valence-electron chi connectivity index (χ3n) is 6.88. The van der Waals surface area contributed by atoms with Crippen LogP contribution in [0.1, 0.15) is 25.3 Å². The summed E-state index contributed by atoms with van der Waals surface area (Å²) < 4.78 is 23.3. The standard InChI is InChI=1S/C25H34N8O2S/c1-17(2)20-12-28-24(33-14-18(15-33)16-36(4,34)35)21-13-27-23(11-19(20)21)29-22-5-6-26-25(30-22)32-9-7-31(3)8-10-32/h5-6,11-13,17-18H,7-10,14-16H2,1-4H3,(H,26,27,29,30). The maximum Gasteiger partial charge on any atom is 0.227 e. The molecule has 36 heavy (non-hydrogen) atoms. The van der Waals surface area contributed by atoms with Crippen molar-refractivity contribution >= 4 is 44.0 Å². The summed E-state index contributed by atoms with van der Waals surface area (Å²) in [5, 5.41) is 5.43. The van der Waals surface area contributed by atoms with Crippen LogP contribution < -0.4 is 15.1 Å². The van der Waals surface area contributed by atoms with E-state index in [4.69, 9.17) is 9.97 Å². The largest absolute Gasteiger partial charge is 0.355 e. The summed E-state index contributed by atoms with van der Waals surface area (Å²) in [4.78, 5) is 25.3. The van der Waals surface area contributed by atoms with Gasteiger partial charge in [0.1, 0.15) is 27.3 Å². The quantitative estimate of drug-likeness (QED) is 0.509.